The normalized spacial score (nSPS) is 17.1. The van der Waals surface area contributed by atoms with Crippen molar-refractivity contribution in [2.75, 3.05) is 46.4 Å². The number of likely N-dealkylation sites (tertiary alicyclic amines) is 1. The molecule has 3 aromatic heterocycles. The SMILES string of the molecule is CCC(=C1CCN(Cc2ccnc(OC)c2)CC1)c1scc(C(=O)NCC2=C(C)C=C(C)CC2=O)c1C.CCC(=C1CCNCC1)c1scc(C(=O)NCC2=C(C)C=C(C)CC2=O)c1C. The summed E-state index contributed by atoms with van der Waals surface area (Å²) in [5, 5.41) is 13.3. The number of hydrogen-bond donors (Lipinski definition) is 3. The maximum atomic E-state index is 13.1. The zero-order valence-electron chi connectivity index (χ0n) is 39.9. The second-order valence-corrected chi connectivity index (χ2v) is 19.4. The summed E-state index contributed by atoms with van der Waals surface area (Å²) >= 11 is 3.33. The van der Waals surface area contributed by atoms with E-state index in [2.05, 4.69) is 39.7 Å². The lowest BCUT2D eigenvalue weighted by Crippen LogP contribution is -2.30. The van der Waals surface area contributed by atoms with Gasteiger partial charge in [-0.05, 0) is 138 Å². The van der Waals surface area contributed by atoms with E-state index in [0.717, 1.165) is 116 Å². The van der Waals surface area contributed by atoms with Crippen molar-refractivity contribution in [2.45, 2.75) is 113 Å². The molecular weight excluding hydrogens is 851 g/mol. The van der Waals surface area contributed by atoms with E-state index in [1.54, 1.807) is 36.0 Å². The van der Waals surface area contributed by atoms with Crippen LogP contribution in [-0.2, 0) is 16.1 Å². The van der Waals surface area contributed by atoms with Gasteiger partial charge in [-0.15, -0.1) is 22.7 Å². The molecular formula is C53H67N5O5S2. The first kappa shape index (κ1) is 49.4. The number of rotatable bonds is 13. The van der Waals surface area contributed by atoms with Crippen LogP contribution >= 0.6 is 22.7 Å². The predicted molar refractivity (Wildman–Crippen MR) is 267 cm³/mol. The fraction of sp³-hybridized carbons (Fsp3) is 0.453. The lowest BCUT2D eigenvalue weighted by atomic mass is 9.92. The molecule has 4 aliphatic rings. The number of nitrogens with one attached hydrogen (secondary N) is 3. The molecule has 65 heavy (non-hydrogen) atoms. The minimum absolute atomic E-state index is 0.0925. The van der Waals surface area contributed by atoms with Crippen LogP contribution in [0.1, 0.15) is 140 Å². The third-order valence-electron chi connectivity index (χ3n) is 13.0. The molecule has 3 N–H and O–H groups in total. The lowest BCUT2D eigenvalue weighted by molar-refractivity contribution is -0.116. The first-order valence-corrected chi connectivity index (χ1v) is 24.9. The van der Waals surface area contributed by atoms with Crippen molar-refractivity contribution in [1.82, 2.24) is 25.8 Å². The van der Waals surface area contributed by atoms with E-state index in [9.17, 15) is 19.2 Å². The van der Waals surface area contributed by atoms with Gasteiger partial charge >= 0.3 is 0 Å². The number of amides is 2. The average Bonchev–Trinajstić information content (AvgIpc) is 3.86. The third kappa shape index (κ3) is 12.3. The number of Topliss-reactive ketones (excluding diaryl/α,β-unsaturated/α-hetero) is 2. The molecule has 12 heteroatoms. The summed E-state index contributed by atoms with van der Waals surface area (Å²) in [6.45, 7) is 21.9. The van der Waals surface area contributed by atoms with Gasteiger partial charge in [0.15, 0.2) is 11.6 Å². The Labute approximate surface area is 394 Å². The van der Waals surface area contributed by atoms with Crippen molar-refractivity contribution in [1.29, 1.82) is 0 Å². The van der Waals surface area contributed by atoms with Gasteiger partial charge in [0, 0.05) is 89.5 Å². The molecule has 0 radical (unpaired) electrons. The van der Waals surface area contributed by atoms with Gasteiger partial charge in [-0.1, -0.05) is 48.3 Å². The number of carbonyl (C=O) groups excluding carboxylic acids is 4. The van der Waals surface area contributed by atoms with E-state index in [1.807, 2.05) is 76.6 Å². The number of nitrogens with zero attached hydrogens (tertiary/aromatic N) is 2. The molecule has 7 rings (SSSR count). The highest BCUT2D eigenvalue weighted by Crippen LogP contribution is 2.37. The zero-order valence-corrected chi connectivity index (χ0v) is 41.5. The number of methoxy groups -OCH3 is 1. The number of ether oxygens (including phenoxy) is 1. The molecule has 2 fully saturated rings. The van der Waals surface area contributed by atoms with Crippen LogP contribution in [0.15, 0.2) is 85.8 Å². The van der Waals surface area contributed by atoms with E-state index < -0.39 is 0 Å². The Kier molecular flexibility index (Phi) is 17.4. The van der Waals surface area contributed by atoms with Crippen molar-refractivity contribution < 1.29 is 23.9 Å². The Morgan fingerprint density at radius 2 is 1.22 bits per heavy atom. The Balaban J connectivity index is 0.000000224. The maximum absolute atomic E-state index is 13.1. The molecule has 10 nitrogen and oxygen atoms in total. The maximum Gasteiger partial charge on any atom is 0.252 e. The van der Waals surface area contributed by atoms with E-state index in [0.29, 0.717) is 36.4 Å². The van der Waals surface area contributed by atoms with Gasteiger partial charge in [0.1, 0.15) is 0 Å². The van der Waals surface area contributed by atoms with Crippen molar-refractivity contribution in [3.05, 3.63) is 123 Å². The van der Waals surface area contributed by atoms with Crippen molar-refractivity contribution in [2.24, 2.45) is 0 Å². The molecule has 2 aliphatic carbocycles. The molecule has 0 atom stereocenters. The molecule has 0 spiro atoms. The van der Waals surface area contributed by atoms with Gasteiger partial charge in [-0.2, -0.15) is 0 Å². The van der Waals surface area contributed by atoms with Crippen LogP contribution in [0.2, 0.25) is 0 Å². The van der Waals surface area contributed by atoms with Crippen LogP contribution in [-0.4, -0.2) is 79.6 Å². The molecule has 0 bridgehead atoms. The summed E-state index contributed by atoms with van der Waals surface area (Å²) < 4.78 is 5.26. The second-order valence-electron chi connectivity index (χ2n) is 17.7. The minimum Gasteiger partial charge on any atom is -0.481 e. The standard InChI is InChI=1S/C30H37N3O3S.C23H30N2O2S/c1-6-24(23-8-11-33(12-9-23)17-22-7-10-31-28(15-22)36-5)29-21(4)26(18-37-29)30(35)32-16-25-20(3)13-19(2)14-27(25)34;1-5-18(17-6-8-24-9-7-17)22-16(4)20(13-28-22)23(27)25-12-19-15(3)10-14(2)11-21(19)26/h7,10,13,15,18H,6,8-9,11-12,14,16-17H2,1-5H3,(H,32,35);10,13,24H,5-9,11-12H2,1-4H3,(H,25,27). The van der Waals surface area contributed by atoms with Crippen LogP contribution in [0.5, 0.6) is 5.88 Å². The highest BCUT2D eigenvalue weighted by atomic mass is 32.1. The molecule has 5 heterocycles. The van der Waals surface area contributed by atoms with E-state index in [-0.39, 0.29) is 29.9 Å². The van der Waals surface area contributed by atoms with Gasteiger partial charge in [-0.3, -0.25) is 24.1 Å². The largest absolute Gasteiger partial charge is 0.481 e. The average molecular weight is 918 g/mol. The number of piperidine rings is 2. The summed E-state index contributed by atoms with van der Waals surface area (Å²) in [4.78, 5) is 59.7. The lowest BCUT2D eigenvalue weighted by Gasteiger charge is -2.30. The fourth-order valence-electron chi connectivity index (χ4n) is 9.43. The van der Waals surface area contributed by atoms with Crippen LogP contribution in [0.25, 0.3) is 11.1 Å². The van der Waals surface area contributed by atoms with E-state index in [1.165, 1.54) is 37.6 Å². The minimum atomic E-state index is -0.109. The van der Waals surface area contributed by atoms with Gasteiger partial charge < -0.3 is 20.7 Å². The highest BCUT2D eigenvalue weighted by molar-refractivity contribution is 7.12. The monoisotopic (exact) mass is 917 g/mol. The number of allylic oxidation sites excluding steroid dienone is 8. The molecule has 0 unspecified atom stereocenters. The first-order valence-electron chi connectivity index (χ1n) is 23.1. The van der Waals surface area contributed by atoms with Crippen LogP contribution in [0.4, 0.5) is 0 Å². The summed E-state index contributed by atoms with van der Waals surface area (Å²) in [7, 11) is 1.65. The molecule has 2 aliphatic heterocycles. The number of carbonyl (C=O) groups is 4. The Morgan fingerprint density at radius 3 is 1.66 bits per heavy atom. The molecule has 2 amide bonds. The van der Waals surface area contributed by atoms with Crippen LogP contribution in [0.3, 0.4) is 0 Å². The highest BCUT2D eigenvalue weighted by Gasteiger charge is 2.25. The number of hydrogen-bond acceptors (Lipinski definition) is 10. The quantitative estimate of drug-likeness (QED) is 0.155. The van der Waals surface area contributed by atoms with E-state index >= 15 is 0 Å². The number of ketones is 2. The van der Waals surface area contributed by atoms with E-state index in [4.69, 9.17) is 4.74 Å². The molecule has 0 aromatic carbocycles. The Morgan fingerprint density at radius 1 is 0.738 bits per heavy atom. The van der Waals surface area contributed by atoms with Gasteiger partial charge in [0.2, 0.25) is 5.88 Å². The predicted octanol–water partition coefficient (Wildman–Crippen LogP) is 10.5. The Bertz CT molecular complexity index is 2490. The number of pyridine rings is 1. The molecule has 346 valence electrons. The van der Waals surface area contributed by atoms with Crippen LogP contribution in [0, 0.1) is 13.8 Å². The first-order chi connectivity index (χ1) is 31.2. The zero-order chi connectivity index (χ0) is 46.8. The topological polar surface area (TPSA) is 130 Å². The van der Waals surface area contributed by atoms with Crippen molar-refractivity contribution in [3.8, 4) is 5.88 Å². The van der Waals surface area contributed by atoms with Crippen molar-refractivity contribution >= 4 is 57.2 Å². The van der Waals surface area contributed by atoms with Gasteiger partial charge in [0.05, 0.1) is 18.2 Å². The number of thiophene rings is 2. The van der Waals surface area contributed by atoms with Crippen LogP contribution < -0.4 is 20.7 Å². The fourth-order valence-corrected chi connectivity index (χ4v) is 11.9. The smallest absolute Gasteiger partial charge is 0.252 e. The summed E-state index contributed by atoms with van der Waals surface area (Å²) in [5.74, 6) is 0.672. The van der Waals surface area contributed by atoms with Crippen molar-refractivity contribution in [3.63, 3.8) is 0 Å². The third-order valence-corrected chi connectivity index (χ3v) is 15.3. The molecule has 2 saturated heterocycles. The summed E-state index contributed by atoms with van der Waals surface area (Å²) in [6.07, 6.45) is 12.9. The van der Waals surface area contributed by atoms with Gasteiger partial charge in [-0.25, -0.2) is 4.98 Å². The second kappa shape index (κ2) is 22.9. The molecule has 3 aromatic rings. The number of aromatic nitrogens is 1. The van der Waals surface area contributed by atoms with Gasteiger partial charge in [0.25, 0.3) is 11.8 Å². The summed E-state index contributed by atoms with van der Waals surface area (Å²) in [5.41, 5.74) is 16.0. The summed E-state index contributed by atoms with van der Waals surface area (Å²) in [6, 6.07) is 4.05. The molecule has 0 saturated carbocycles. The Hall–Kier alpha value is -5.01.